The lowest BCUT2D eigenvalue weighted by atomic mass is 10.1. The Bertz CT molecular complexity index is 728. The van der Waals surface area contributed by atoms with Crippen LogP contribution in [0.4, 0.5) is 5.69 Å². The molecule has 108 valence electrons. The topological polar surface area (TPSA) is 86.6 Å². The number of phenols is 1. The van der Waals surface area contributed by atoms with E-state index in [0.29, 0.717) is 9.13 Å². The number of carboxylic acids is 1. The smallest absolute Gasteiger partial charge is 0.337 e. The highest BCUT2D eigenvalue weighted by Crippen LogP contribution is 2.24. The molecule has 0 heterocycles. The Balaban J connectivity index is 2.36. The number of benzene rings is 2. The molecule has 0 aliphatic rings. The third-order valence-corrected chi connectivity index (χ3v) is 3.86. The molecule has 2 aromatic rings. The summed E-state index contributed by atoms with van der Waals surface area (Å²) in [7, 11) is 0. The van der Waals surface area contributed by atoms with E-state index in [4.69, 9.17) is 5.11 Å². The number of halogens is 1. The van der Waals surface area contributed by atoms with Gasteiger partial charge in [-0.05, 0) is 59.3 Å². The molecule has 0 saturated carbocycles. The van der Waals surface area contributed by atoms with Crippen LogP contribution in [0.25, 0.3) is 0 Å². The van der Waals surface area contributed by atoms with Crippen molar-refractivity contribution in [2.75, 3.05) is 5.32 Å². The highest BCUT2D eigenvalue weighted by atomic mass is 127. The average molecular weight is 397 g/mol. The summed E-state index contributed by atoms with van der Waals surface area (Å²) in [6.07, 6.45) is 0. The lowest BCUT2D eigenvalue weighted by Crippen LogP contribution is -2.16. The van der Waals surface area contributed by atoms with Crippen molar-refractivity contribution in [1.82, 2.24) is 0 Å². The fraction of sp³-hybridized carbons (Fsp3) is 0.0667. The number of para-hydroxylation sites is 1. The Labute approximate surface area is 134 Å². The second-order valence-corrected chi connectivity index (χ2v) is 5.59. The van der Waals surface area contributed by atoms with Gasteiger partial charge in [-0.2, -0.15) is 0 Å². The number of carbonyl (C=O) groups is 2. The first-order valence-electron chi connectivity index (χ1n) is 6.03. The van der Waals surface area contributed by atoms with Gasteiger partial charge < -0.3 is 15.5 Å². The van der Waals surface area contributed by atoms with Crippen molar-refractivity contribution >= 4 is 40.2 Å². The van der Waals surface area contributed by atoms with Crippen LogP contribution in [-0.2, 0) is 0 Å². The van der Waals surface area contributed by atoms with Gasteiger partial charge in [-0.15, -0.1) is 0 Å². The number of hydrogen-bond acceptors (Lipinski definition) is 3. The number of anilines is 1. The fourth-order valence-electron chi connectivity index (χ4n) is 1.85. The van der Waals surface area contributed by atoms with Gasteiger partial charge in [0, 0.05) is 5.56 Å². The number of nitrogens with one attached hydrogen (secondary N) is 1. The quantitative estimate of drug-likeness (QED) is 0.695. The Morgan fingerprint density at radius 1 is 1.19 bits per heavy atom. The van der Waals surface area contributed by atoms with Crippen molar-refractivity contribution in [2.45, 2.75) is 6.92 Å². The van der Waals surface area contributed by atoms with Gasteiger partial charge in [-0.1, -0.05) is 12.1 Å². The Hall–Kier alpha value is -2.09. The zero-order valence-corrected chi connectivity index (χ0v) is 13.2. The molecule has 2 aromatic carbocycles. The standard InChI is InChI=1S/C15H12INO4/c1-8-3-2-4-10(15(20)21)13(8)17-14(19)9-5-6-11(16)12(18)7-9/h2-7,18H,1H3,(H,17,19)(H,20,21). The van der Waals surface area contributed by atoms with E-state index in [0.717, 1.165) is 0 Å². The summed E-state index contributed by atoms with van der Waals surface area (Å²) >= 11 is 1.95. The van der Waals surface area contributed by atoms with Crippen LogP contribution >= 0.6 is 22.6 Å². The second-order valence-electron chi connectivity index (χ2n) is 4.42. The van der Waals surface area contributed by atoms with Gasteiger partial charge in [-0.25, -0.2) is 4.79 Å². The monoisotopic (exact) mass is 397 g/mol. The van der Waals surface area contributed by atoms with Crippen LogP contribution in [0.3, 0.4) is 0 Å². The van der Waals surface area contributed by atoms with E-state index in [1.54, 1.807) is 31.2 Å². The number of aromatic hydroxyl groups is 1. The lowest BCUT2D eigenvalue weighted by molar-refractivity contribution is 0.0698. The van der Waals surface area contributed by atoms with E-state index in [1.807, 2.05) is 22.6 Å². The predicted molar refractivity (Wildman–Crippen MR) is 86.9 cm³/mol. The normalized spacial score (nSPS) is 10.2. The SMILES string of the molecule is Cc1cccc(C(=O)O)c1NC(=O)c1ccc(I)c(O)c1. The van der Waals surface area contributed by atoms with Crippen LogP contribution in [0.1, 0.15) is 26.3 Å². The first-order valence-corrected chi connectivity index (χ1v) is 7.11. The third-order valence-electron chi connectivity index (χ3n) is 2.95. The number of carboxylic acid groups (broad SMARTS) is 1. The lowest BCUT2D eigenvalue weighted by Gasteiger charge is -2.11. The van der Waals surface area contributed by atoms with Crippen LogP contribution in [0, 0.1) is 10.5 Å². The van der Waals surface area contributed by atoms with Crippen LogP contribution < -0.4 is 5.32 Å². The molecule has 0 saturated heterocycles. The van der Waals surface area contributed by atoms with Crippen molar-refractivity contribution < 1.29 is 19.8 Å². The van der Waals surface area contributed by atoms with Gasteiger partial charge in [0.25, 0.3) is 5.91 Å². The molecule has 6 heteroatoms. The molecule has 21 heavy (non-hydrogen) atoms. The molecule has 3 N–H and O–H groups in total. The van der Waals surface area contributed by atoms with Crippen molar-refractivity contribution in [3.8, 4) is 5.75 Å². The molecule has 0 atom stereocenters. The van der Waals surface area contributed by atoms with Crippen LogP contribution in [0.2, 0.25) is 0 Å². The van der Waals surface area contributed by atoms with Gasteiger partial charge in [-0.3, -0.25) is 4.79 Å². The summed E-state index contributed by atoms with van der Waals surface area (Å²) in [5.74, 6) is -1.58. The third kappa shape index (κ3) is 3.33. The molecule has 0 bridgehead atoms. The van der Waals surface area contributed by atoms with Crippen molar-refractivity contribution in [2.24, 2.45) is 0 Å². The van der Waals surface area contributed by atoms with Crippen LogP contribution in [-0.4, -0.2) is 22.1 Å². The number of amides is 1. The maximum Gasteiger partial charge on any atom is 0.337 e. The van der Waals surface area contributed by atoms with E-state index in [1.165, 1.54) is 12.1 Å². The van der Waals surface area contributed by atoms with Gasteiger partial charge >= 0.3 is 5.97 Å². The molecular formula is C15H12INO4. The first kappa shape index (κ1) is 15.3. The zero-order chi connectivity index (χ0) is 15.6. The fourth-order valence-corrected chi connectivity index (χ4v) is 2.19. The summed E-state index contributed by atoms with van der Waals surface area (Å²) in [4.78, 5) is 23.4. The van der Waals surface area contributed by atoms with Gasteiger partial charge in [0.1, 0.15) is 5.75 Å². The molecule has 0 aliphatic carbocycles. The van der Waals surface area contributed by atoms with Crippen molar-refractivity contribution in [1.29, 1.82) is 0 Å². The second kappa shape index (κ2) is 6.13. The van der Waals surface area contributed by atoms with E-state index in [-0.39, 0.29) is 22.6 Å². The van der Waals surface area contributed by atoms with Gasteiger partial charge in [0.05, 0.1) is 14.8 Å². The minimum atomic E-state index is -1.11. The van der Waals surface area contributed by atoms with Gasteiger partial charge in [0.2, 0.25) is 0 Å². The van der Waals surface area contributed by atoms with Crippen molar-refractivity contribution in [3.05, 3.63) is 56.7 Å². The minimum absolute atomic E-state index is 0.00601. The average Bonchev–Trinajstić information content (AvgIpc) is 2.43. The predicted octanol–water partition coefficient (Wildman–Crippen LogP) is 3.26. The molecule has 0 spiro atoms. The van der Waals surface area contributed by atoms with E-state index in [2.05, 4.69) is 5.32 Å². The number of rotatable bonds is 3. The van der Waals surface area contributed by atoms with Gasteiger partial charge in [0.15, 0.2) is 0 Å². The minimum Gasteiger partial charge on any atom is -0.507 e. The summed E-state index contributed by atoms with van der Waals surface area (Å²) in [5, 5.41) is 21.4. The Morgan fingerprint density at radius 2 is 1.90 bits per heavy atom. The maximum atomic E-state index is 12.2. The van der Waals surface area contributed by atoms with Crippen molar-refractivity contribution in [3.63, 3.8) is 0 Å². The molecule has 0 aromatic heterocycles. The summed E-state index contributed by atoms with van der Waals surface area (Å²) in [6, 6.07) is 9.28. The number of hydrogen-bond donors (Lipinski definition) is 3. The van der Waals surface area contributed by atoms with Crippen LogP contribution in [0.15, 0.2) is 36.4 Å². The number of phenolic OH excluding ortho intramolecular Hbond substituents is 1. The molecule has 0 radical (unpaired) electrons. The van der Waals surface area contributed by atoms with E-state index < -0.39 is 11.9 Å². The molecule has 2 rings (SSSR count). The molecule has 1 amide bonds. The number of aromatic carboxylic acids is 1. The number of carbonyl (C=O) groups excluding carboxylic acids is 1. The molecule has 5 nitrogen and oxygen atoms in total. The number of aryl methyl sites for hydroxylation is 1. The summed E-state index contributed by atoms with van der Waals surface area (Å²) in [6.45, 7) is 1.72. The first-order chi connectivity index (χ1) is 9.90. The summed E-state index contributed by atoms with van der Waals surface area (Å²) < 4.78 is 0.631. The van der Waals surface area contributed by atoms with E-state index in [9.17, 15) is 14.7 Å². The Kier molecular flexibility index (Phi) is 4.46. The Morgan fingerprint density at radius 3 is 2.52 bits per heavy atom. The van der Waals surface area contributed by atoms with E-state index >= 15 is 0 Å². The molecule has 0 aliphatic heterocycles. The summed E-state index contributed by atoms with van der Waals surface area (Å²) in [5.41, 5.74) is 1.19. The molecular weight excluding hydrogens is 385 g/mol. The maximum absolute atomic E-state index is 12.2. The highest BCUT2D eigenvalue weighted by molar-refractivity contribution is 14.1. The highest BCUT2D eigenvalue weighted by Gasteiger charge is 2.16. The van der Waals surface area contributed by atoms with Crippen LogP contribution in [0.5, 0.6) is 5.75 Å². The molecule has 0 fully saturated rings. The largest absolute Gasteiger partial charge is 0.507 e. The zero-order valence-electron chi connectivity index (χ0n) is 11.1. The molecule has 0 unspecified atom stereocenters.